The van der Waals surface area contributed by atoms with Crippen LogP contribution in [0.4, 0.5) is 10.1 Å². The zero-order chi connectivity index (χ0) is 12.3. The molecule has 5 heteroatoms. The highest BCUT2D eigenvalue weighted by Gasteiger charge is 2.18. The van der Waals surface area contributed by atoms with E-state index in [1.165, 1.54) is 12.4 Å². The summed E-state index contributed by atoms with van der Waals surface area (Å²) in [6.07, 6.45) is 4.18. The molecule has 2 heterocycles. The number of pyridine rings is 1. The van der Waals surface area contributed by atoms with Gasteiger partial charge >= 0.3 is 0 Å². The average molecular weight is 239 g/mol. The van der Waals surface area contributed by atoms with E-state index in [-0.39, 0.29) is 11.9 Å². The van der Waals surface area contributed by atoms with E-state index in [0.717, 1.165) is 13.0 Å². The maximum absolute atomic E-state index is 13.5. The van der Waals surface area contributed by atoms with Gasteiger partial charge in [-0.15, -0.1) is 0 Å². The van der Waals surface area contributed by atoms with Gasteiger partial charge in [0.1, 0.15) is 5.82 Å². The van der Waals surface area contributed by atoms with Gasteiger partial charge in [-0.25, -0.2) is 4.39 Å². The van der Waals surface area contributed by atoms with E-state index in [2.05, 4.69) is 17.2 Å². The molecular weight excluding hydrogens is 221 g/mol. The first-order chi connectivity index (χ1) is 8.16. The van der Waals surface area contributed by atoms with Gasteiger partial charge in [0.05, 0.1) is 30.8 Å². The molecule has 0 saturated carbocycles. The zero-order valence-corrected chi connectivity index (χ0v) is 9.95. The first-order valence-corrected chi connectivity index (χ1v) is 5.89. The number of hydrogen-bond donors (Lipinski definition) is 2. The van der Waals surface area contributed by atoms with Crippen LogP contribution in [0.1, 0.15) is 18.9 Å². The molecule has 1 saturated heterocycles. The molecule has 1 aromatic rings. The second-order valence-electron chi connectivity index (χ2n) is 4.49. The highest BCUT2D eigenvalue weighted by Crippen LogP contribution is 2.18. The van der Waals surface area contributed by atoms with Crippen LogP contribution >= 0.6 is 0 Å². The maximum Gasteiger partial charge on any atom is 0.146 e. The molecule has 1 fully saturated rings. The lowest BCUT2D eigenvalue weighted by molar-refractivity contribution is 0.00389. The molecule has 1 aliphatic heterocycles. The van der Waals surface area contributed by atoms with Gasteiger partial charge in [-0.2, -0.15) is 0 Å². The van der Waals surface area contributed by atoms with Gasteiger partial charge in [-0.3, -0.25) is 4.98 Å². The van der Waals surface area contributed by atoms with Crippen molar-refractivity contribution in [3.63, 3.8) is 0 Å². The van der Waals surface area contributed by atoms with E-state index in [0.29, 0.717) is 30.3 Å². The fourth-order valence-corrected chi connectivity index (χ4v) is 1.96. The lowest BCUT2D eigenvalue weighted by Gasteiger charge is -2.28. The number of morpholine rings is 1. The SMILES string of the molecule is C[C@@H]1CO[C@H](CCc2c(N)cncc2F)CN1. The molecule has 0 unspecified atom stereocenters. The van der Waals surface area contributed by atoms with Crippen LogP contribution in [0.5, 0.6) is 0 Å². The summed E-state index contributed by atoms with van der Waals surface area (Å²) in [5, 5.41) is 3.34. The number of nitrogens with two attached hydrogens (primary N) is 1. The normalized spacial score (nSPS) is 24.8. The Kier molecular flexibility index (Phi) is 3.91. The van der Waals surface area contributed by atoms with E-state index in [9.17, 15) is 4.39 Å². The van der Waals surface area contributed by atoms with Crippen LogP contribution in [-0.4, -0.2) is 30.3 Å². The number of anilines is 1. The van der Waals surface area contributed by atoms with Crippen LogP contribution in [0.15, 0.2) is 12.4 Å². The smallest absolute Gasteiger partial charge is 0.146 e. The molecule has 3 N–H and O–H groups in total. The minimum Gasteiger partial charge on any atom is -0.397 e. The second kappa shape index (κ2) is 5.42. The Bertz CT molecular complexity index is 358. The number of nitrogens with one attached hydrogen (secondary N) is 1. The molecule has 0 aromatic carbocycles. The summed E-state index contributed by atoms with van der Waals surface area (Å²) in [6.45, 7) is 3.60. The lowest BCUT2D eigenvalue weighted by Crippen LogP contribution is -2.44. The quantitative estimate of drug-likeness (QED) is 0.829. The molecule has 0 aliphatic carbocycles. The first-order valence-electron chi connectivity index (χ1n) is 5.89. The summed E-state index contributed by atoms with van der Waals surface area (Å²) in [5.74, 6) is -0.331. The predicted octanol–water partition coefficient (Wildman–Crippen LogP) is 1.11. The largest absolute Gasteiger partial charge is 0.397 e. The van der Waals surface area contributed by atoms with Gasteiger partial charge in [0.2, 0.25) is 0 Å². The maximum atomic E-state index is 13.5. The van der Waals surface area contributed by atoms with Crippen molar-refractivity contribution in [2.75, 3.05) is 18.9 Å². The van der Waals surface area contributed by atoms with Crippen molar-refractivity contribution in [2.24, 2.45) is 0 Å². The van der Waals surface area contributed by atoms with Crippen LogP contribution in [0.2, 0.25) is 0 Å². The third kappa shape index (κ3) is 3.14. The fraction of sp³-hybridized carbons (Fsp3) is 0.583. The highest BCUT2D eigenvalue weighted by molar-refractivity contribution is 5.44. The van der Waals surface area contributed by atoms with E-state index < -0.39 is 0 Å². The van der Waals surface area contributed by atoms with Crippen molar-refractivity contribution < 1.29 is 9.13 Å². The highest BCUT2D eigenvalue weighted by atomic mass is 19.1. The van der Waals surface area contributed by atoms with E-state index in [4.69, 9.17) is 10.5 Å². The Hall–Kier alpha value is -1.20. The van der Waals surface area contributed by atoms with Gasteiger partial charge in [-0.1, -0.05) is 0 Å². The Morgan fingerprint density at radius 3 is 3.06 bits per heavy atom. The summed E-state index contributed by atoms with van der Waals surface area (Å²) >= 11 is 0. The Balaban J connectivity index is 1.89. The molecule has 0 amide bonds. The van der Waals surface area contributed by atoms with Crippen molar-refractivity contribution in [2.45, 2.75) is 31.9 Å². The molecule has 2 atom stereocenters. The fourth-order valence-electron chi connectivity index (χ4n) is 1.96. The third-order valence-corrected chi connectivity index (χ3v) is 3.03. The van der Waals surface area contributed by atoms with Crippen LogP contribution in [0.25, 0.3) is 0 Å². The summed E-state index contributed by atoms with van der Waals surface area (Å²) in [4.78, 5) is 3.71. The number of halogens is 1. The van der Waals surface area contributed by atoms with Crippen molar-refractivity contribution >= 4 is 5.69 Å². The minimum absolute atomic E-state index is 0.137. The van der Waals surface area contributed by atoms with Crippen molar-refractivity contribution in [1.29, 1.82) is 0 Å². The number of nitrogen functional groups attached to an aromatic ring is 1. The standard InChI is InChI=1S/C12H18FN3O/c1-8-7-17-9(4-16-8)2-3-10-11(13)5-15-6-12(10)14/h5-6,8-9,16H,2-4,7,14H2,1H3/t8-,9-/m1/s1. The molecule has 0 radical (unpaired) electrons. The van der Waals surface area contributed by atoms with Crippen LogP contribution in [-0.2, 0) is 11.2 Å². The molecule has 4 nitrogen and oxygen atoms in total. The van der Waals surface area contributed by atoms with Crippen LogP contribution < -0.4 is 11.1 Å². The summed E-state index contributed by atoms with van der Waals surface area (Å²) in [5.41, 5.74) is 6.66. The molecule has 17 heavy (non-hydrogen) atoms. The van der Waals surface area contributed by atoms with Gasteiger partial charge in [0.15, 0.2) is 0 Å². The molecule has 1 aliphatic rings. The number of aromatic nitrogens is 1. The number of ether oxygens (including phenoxy) is 1. The average Bonchev–Trinajstić information content (AvgIpc) is 2.31. The third-order valence-electron chi connectivity index (χ3n) is 3.03. The van der Waals surface area contributed by atoms with E-state index in [1.54, 1.807) is 0 Å². The first kappa shape index (κ1) is 12.3. The topological polar surface area (TPSA) is 60.2 Å². The summed E-state index contributed by atoms with van der Waals surface area (Å²) < 4.78 is 19.1. The second-order valence-corrected chi connectivity index (χ2v) is 4.49. The Morgan fingerprint density at radius 2 is 2.41 bits per heavy atom. The molecule has 2 rings (SSSR count). The van der Waals surface area contributed by atoms with Gasteiger partial charge in [0.25, 0.3) is 0 Å². The van der Waals surface area contributed by atoms with Crippen LogP contribution in [0, 0.1) is 5.82 Å². The molecular formula is C12H18FN3O. The summed E-state index contributed by atoms with van der Waals surface area (Å²) in [7, 11) is 0. The van der Waals surface area contributed by atoms with Crippen molar-refractivity contribution in [1.82, 2.24) is 10.3 Å². The summed E-state index contributed by atoms with van der Waals surface area (Å²) in [6, 6.07) is 0.397. The van der Waals surface area contributed by atoms with E-state index >= 15 is 0 Å². The monoisotopic (exact) mass is 239 g/mol. The number of nitrogens with zero attached hydrogens (tertiary/aromatic N) is 1. The molecule has 0 bridgehead atoms. The number of hydrogen-bond acceptors (Lipinski definition) is 4. The van der Waals surface area contributed by atoms with Crippen molar-refractivity contribution in [3.05, 3.63) is 23.8 Å². The zero-order valence-electron chi connectivity index (χ0n) is 9.95. The van der Waals surface area contributed by atoms with E-state index in [1.807, 2.05) is 0 Å². The van der Waals surface area contributed by atoms with Crippen molar-refractivity contribution in [3.8, 4) is 0 Å². The molecule has 94 valence electrons. The number of rotatable bonds is 3. The Morgan fingerprint density at radius 1 is 1.59 bits per heavy atom. The predicted molar refractivity (Wildman–Crippen MR) is 64.1 cm³/mol. The van der Waals surface area contributed by atoms with Gasteiger partial charge < -0.3 is 15.8 Å². The molecule has 0 spiro atoms. The minimum atomic E-state index is -0.331. The molecule has 1 aromatic heterocycles. The lowest BCUT2D eigenvalue weighted by atomic mass is 10.0. The van der Waals surface area contributed by atoms with Crippen LogP contribution in [0.3, 0.4) is 0 Å². The van der Waals surface area contributed by atoms with Gasteiger partial charge in [-0.05, 0) is 19.8 Å². The van der Waals surface area contributed by atoms with Gasteiger partial charge in [0, 0.05) is 18.2 Å². The Labute approximate surface area is 100 Å².